The van der Waals surface area contributed by atoms with Crippen LogP contribution >= 0.6 is 0 Å². The van der Waals surface area contributed by atoms with Gasteiger partial charge in [0.15, 0.2) is 0 Å². The minimum absolute atomic E-state index is 0.0229. The molecule has 176 valence electrons. The molecule has 2 aliphatic rings. The van der Waals surface area contributed by atoms with E-state index in [9.17, 15) is 19.8 Å². The molecule has 4 rings (SSSR count). The molecule has 0 aromatic heterocycles. The van der Waals surface area contributed by atoms with E-state index in [1.54, 1.807) is 4.90 Å². The zero-order chi connectivity index (χ0) is 23.3. The fourth-order valence-corrected chi connectivity index (χ4v) is 5.25. The van der Waals surface area contributed by atoms with Crippen molar-refractivity contribution in [3.05, 3.63) is 71.8 Å². The molecule has 0 radical (unpaired) electrons. The highest BCUT2D eigenvalue weighted by molar-refractivity contribution is 5.76. The lowest BCUT2D eigenvalue weighted by atomic mass is 9.67. The summed E-state index contributed by atoms with van der Waals surface area (Å²) in [4.78, 5) is 27.9. The molecule has 2 atom stereocenters. The molecule has 7 nitrogen and oxygen atoms in total. The predicted molar refractivity (Wildman–Crippen MR) is 124 cm³/mol. The molecule has 0 bridgehead atoms. The molecule has 2 aromatic rings. The SMILES string of the molecule is O=C(O)[C@@H]1CN(C(=O)OCc2ccccc2)CCN1C(O)C1(c2ccccc2)CCCCC1. The first kappa shape index (κ1) is 23.3. The van der Waals surface area contributed by atoms with Crippen LogP contribution in [0.15, 0.2) is 60.7 Å². The molecular formula is C26H32N2O5. The first-order valence-electron chi connectivity index (χ1n) is 11.7. The van der Waals surface area contributed by atoms with Crippen LogP contribution < -0.4 is 0 Å². The van der Waals surface area contributed by atoms with Crippen LogP contribution in [-0.4, -0.2) is 64.0 Å². The van der Waals surface area contributed by atoms with Crippen LogP contribution in [0.25, 0.3) is 0 Å². The van der Waals surface area contributed by atoms with Gasteiger partial charge in [-0.05, 0) is 24.0 Å². The van der Waals surface area contributed by atoms with Gasteiger partial charge in [0.1, 0.15) is 18.9 Å². The van der Waals surface area contributed by atoms with Crippen LogP contribution in [-0.2, 0) is 21.6 Å². The summed E-state index contributed by atoms with van der Waals surface area (Å²) in [6.07, 6.45) is 3.25. The third-order valence-electron chi connectivity index (χ3n) is 7.07. The maximum absolute atomic E-state index is 12.6. The second-order valence-corrected chi connectivity index (χ2v) is 9.03. The quantitative estimate of drug-likeness (QED) is 0.696. The fourth-order valence-electron chi connectivity index (χ4n) is 5.25. The topological polar surface area (TPSA) is 90.3 Å². The second kappa shape index (κ2) is 10.4. The number of aliphatic hydroxyl groups excluding tert-OH is 1. The van der Waals surface area contributed by atoms with E-state index in [0.717, 1.165) is 43.2 Å². The van der Waals surface area contributed by atoms with Crippen molar-refractivity contribution in [3.8, 4) is 0 Å². The summed E-state index contributed by atoms with van der Waals surface area (Å²) in [5, 5.41) is 21.6. The maximum Gasteiger partial charge on any atom is 0.410 e. The van der Waals surface area contributed by atoms with Crippen molar-refractivity contribution < 1.29 is 24.5 Å². The van der Waals surface area contributed by atoms with E-state index in [1.165, 1.54) is 4.90 Å². The Balaban J connectivity index is 1.49. The highest BCUT2D eigenvalue weighted by atomic mass is 16.6. The molecule has 1 unspecified atom stereocenters. The molecule has 1 saturated heterocycles. The van der Waals surface area contributed by atoms with Crippen LogP contribution in [0.4, 0.5) is 4.79 Å². The molecule has 2 aromatic carbocycles. The number of ether oxygens (including phenoxy) is 1. The Morgan fingerprint density at radius 1 is 0.970 bits per heavy atom. The monoisotopic (exact) mass is 452 g/mol. The van der Waals surface area contributed by atoms with Crippen LogP contribution in [0.1, 0.15) is 43.2 Å². The van der Waals surface area contributed by atoms with Gasteiger partial charge in [-0.25, -0.2) is 4.79 Å². The second-order valence-electron chi connectivity index (χ2n) is 9.03. The van der Waals surface area contributed by atoms with E-state index in [2.05, 4.69) is 0 Å². The lowest BCUT2D eigenvalue weighted by molar-refractivity contribution is -0.159. The van der Waals surface area contributed by atoms with Crippen LogP contribution in [0.3, 0.4) is 0 Å². The van der Waals surface area contributed by atoms with E-state index in [4.69, 9.17) is 4.74 Å². The third-order valence-corrected chi connectivity index (χ3v) is 7.07. The number of benzene rings is 2. The van der Waals surface area contributed by atoms with Crippen molar-refractivity contribution >= 4 is 12.1 Å². The van der Waals surface area contributed by atoms with Gasteiger partial charge in [-0.3, -0.25) is 9.69 Å². The predicted octanol–water partition coefficient (Wildman–Crippen LogP) is 3.61. The number of carbonyl (C=O) groups excluding carboxylic acids is 1. The molecular weight excluding hydrogens is 420 g/mol. The Morgan fingerprint density at radius 3 is 2.24 bits per heavy atom. The normalized spacial score (nSPS) is 21.8. The largest absolute Gasteiger partial charge is 0.480 e. The molecule has 33 heavy (non-hydrogen) atoms. The molecule has 1 saturated carbocycles. The van der Waals surface area contributed by atoms with Gasteiger partial charge in [-0.1, -0.05) is 79.9 Å². The molecule has 0 spiro atoms. The van der Waals surface area contributed by atoms with Gasteiger partial charge in [0.05, 0.1) is 6.54 Å². The fraction of sp³-hybridized carbons (Fsp3) is 0.462. The van der Waals surface area contributed by atoms with Crippen molar-refractivity contribution in [2.75, 3.05) is 19.6 Å². The average Bonchev–Trinajstić information content (AvgIpc) is 2.88. The molecule has 1 amide bonds. The Morgan fingerprint density at radius 2 is 1.61 bits per heavy atom. The smallest absolute Gasteiger partial charge is 0.410 e. The summed E-state index contributed by atoms with van der Waals surface area (Å²) in [6.45, 7) is 0.689. The van der Waals surface area contributed by atoms with Gasteiger partial charge in [0.2, 0.25) is 0 Å². The molecule has 2 fully saturated rings. The standard InChI is InChI=1S/C26H32N2O5/c29-23(30)22-18-27(25(32)33-19-20-10-4-1-5-11-20)16-17-28(22)24(31)26(14-8-3-9-15-26)21-12-6-2-7-13-21/h1-2,4-7,10-13,22,24,31H,3,8-9,14-19H2,(H,29,30)/t22-,24?/m0/s1. The third kappa shape index (κ3) is 5.04. The number of nitrogens with zero attached hydrogens (tertiary/aromatic N) is 2. The summed E-state index contributed by atoms with van der Waals surface area (Å²) in [6, 6.07) is 18.3. The van der Waals surface area contributed by atoms with Crippen LogP contribution in [0.5, 0.6) is 0 Å². The van der Waals surface area contributed by atoms with E-state index in [1.807, 2.05) is 60.7 Å². The zero-order valence-corrected chi connectivity index (χ0v) is 18.8. The molecule has 1 aliphatic carbocycles. The summed E-state index contributed by atoms with van der Waals surface area (Å²) < 4.78 is 5.41. The minimum Gasteiger partial charge on any atom is -0.480 e. The maximum atomic E-state index is 12.6. The van der Waals surface area contributed by atoms with Crippen molar-refractivity contribution in [2.45, 2.75) is 56.4 Å². The van der Waals surface area contributed by atoms with E-state index in [0.29, 0.717) is 6.54 Å². The lowest BCUT2D eigenvalue weighted by Crippen LogP contribution is -2.64. The number of carboxylic acid groups (broad SMARTS) is 1. The molecule has 1 heterocycles. The highest BCUT2D eigenvalue weighted by Crippen LogP contribution is 2.44. The molecule has 1 aliphatic heterocycles. The van der Waals surface area contributed by atoms with Gasteiger partial charge >= 0.3 is 12.1 Å². The number of rotatable bonds is 6. The van der Waals surface area contributed by atoms with Crippen LogP contribution in [0.2, 0.25) is 0 Å². The van der Waals surface area contributed by atoms with Gasteiger partial charge in [0.25, 0.3) is 0 Å². The van der Waals surface area contributed by atoms with Gasteiger partial charge in [-0.15, -0.1) is 0 Å². The number of aliphatic hydroxyl groups is 1. The Bertz CT molecular complexity index is 930. The summed E-state index contributed by atoms with van der Waals surface area (Å²) in [7, 11) is 0. The van der Waals surface area contributed by atoms with Crippen molar-refractivity contribution in [1.29, 1.82) is 0 Å². The minimum atomic E-state index is -1.05. The zero-order valence-electron chi connectivity index (χ0n) is 18.8. The first-order valence-corrected chi connectivity index (χ1v) is 11.7. The van der Waals surface area contributed by atoms with Crippen molar-refractivity contribution in [3.63, 3.8) is 0 Å². The van der Waals surface area contributed by atoms with Crippen molar-refractivity contribution in [2.24, 2.45) is 0 Å². The van der Waals surface area contributed by atoms with E-state index in [-0.39, 0.29) is 19.7 Å². The number of hydrogen-bond donors (Lipinski definition) is 2. The Hall–Kier alpha value is -2.90. The van der Waals surface area contributed by atoms with Gasteiger partial charge in [-0.2, -0.15) is 0 Å². The van der Waals surface area contributed by atoms with E-state index < -0.39 is 29.7 Å². The summed E-state index contributed by atoms with van der Waals surface area (Å²) in [5.74, 6) is -1.05. The molecule has 2 N–H and O–H groups in total. The lowest BCUT2D eigenvalue weighted by Gasteiger charge is -2.50. The number of aliphatic carboxylic acids is 1. The number of hydrogen-bond acceptors (Lipinski definition) is 5. The summed E-state index contributed by atoms with van der Waals surface area (Å²) >= 11 is 0. The van der Waals surface area contributed by atoms with Crippen molar-refractivity contribution in [1.82, 2.24) is 9.80 Å². The number of piperazine rings is 1. The average molecular weight is 453 g/mol. The van der Waals surface area contributed by atoms with E-state index >= 15 is 0 Å². The highest BCUT2D eigenvalue weighted by Gasteiger charge is 2.48. The van der Waals surface area contributed by atoms with Gasteiger partial charge < -0.3 is 19.8 Å². The first-order chi connectivity index (χ1) is 16.0. The number of carboxylic acids is 1. The Labute approximate surface area is 194 Å². The van der Waals surface area contributed by atoms with Gasteiger partial charge in [0, 0.05) is 18.5 Å². The number of amides is 1. The summed E-state index contributed by atoms with van der Waals surface area (Å²) in [5.41, 5.74) is 1.41. The number of carbonyl (C=O) groups is 2. The Kier molecular flexibility index (Phi) is 7.30. The van der Waals surface area contributed by atoms with Crippen LogP contribution in [0, 0.1) is 0 Å². The molecule has 7 heteroatoms.